The minimum absolute atomic E-state index is 0. The number of ether oxygens (including phenoxy) is 1. The Labute approximate surface area is 121 Å². The van der Waals surface area contributed by atoms with Crippen molar-refractivity contribution in [3.63, 3.8) is 0 Å². The molecular weight excluding hydrogens is 289 g/mol. The van der Waals surface area contributed by atoms with Gasteiger partial charge in [-0.3, -0.25) is 4.57 Å². The molecule has 2 rings (SSSR count). The van der Waals surface area contributed by atoms with E-state index in [0.29, 0.717) is 13.2 Å². The summed E-state index contributed by atoms with van der Waals surface area (Å²) in [6, 6.07) is 0. The predicted molar refractivity (Wildman–Crippen MR) is 77.3 cm³/mol. The third-order valence-corrected chi connectivity index (χ3v) is 6.74. The first-order chi connectivity index (χ1) is 8.67. The Morgan fingerprint density at radius 3 is 2.37 bits per heavy atom. The first-order valence-electron chi connectivity index (χ1n) is 6.84. The van der Waals surface area contributed by atoms with Gasteiger partial charge in [0.1, 0.15) is 0 Å². The lowest BCUT2D eigenvalue weighted by Crippen LogP contribution is -2.40. The minimum Gasteiger partial charge on any atom is -0.381 e. The van der Waals surface area contributed by atoms with Crippen molar-refractivity contribution < 1.29 is 18.3 Å². The molecule has 1 N–H and O–H groups in total. The van der Waals surface area contributed by atoms with Gasteiger partial charge in [-0.15, -0.1) is 12.4 Å². The van der Waals surface area contributed by atoms with Gasteiger partial charge in [0.2, 0.25) is 0 Å². The lowest BCUT2D eigenvalue weighted by molar-refractivity contribution is 0.0216. The van der Waals surface area contributed by atoms with E-state index in [1.54, 1.807) is 0 Å². The number of halogens is 1. The molecule has 1 unspecified atom stereocenters. The average Bonchev–Trinajstić information content (AvgIpc) is 2.75. The third-order valence-electron chi connectivity index (χ3n) is 4.01. The molecule has 0 aromatic rings. The van der Waals surface area contributed by atoms with E-state index in [9.17, 15) is 4.57 Å². The van der Waals surface area contributed by atoms with E-state index in [2.05, 4.69) is 5.32 Å². The van der Waals surface area contributed by atoms with Crippen LogP contribution in [0.15, 0.2) is 0 Å². The molecule has 0 saturated carbocycles. The molecule has 0 radical (unpaired) electrons. The van der Waals surface area contributed by atoms with Crippen LogP contribution in [0.1, 0.15) is 26.7 Å². The van der Waals surface area contributed by atoms with Crippen LogP contribution in [0, 0.1) is 5.41 Å². The van der Waals surface area contributed by atoms with Crippen molar-refractivity contribution in [3.8, 4) is 0 Å². The summed E-state index contributed by atoms with van der Waals surface area (Å²) in [5.74, 6) is 0. The fourth-order valence-corrected chi connectivity index (χ4v) is 5.63. The Morgan fingerprint density at radius 2 is 1.84 bits per heavy atom. The molecule has 7 heteroatoms. The lowest BCUT2D eigenvalue weighted by atomic mass is 9.79. The summed E-state index contributed by atoms with van der Waals surface area (Å²) in [6.45, 7) is 7.70. The smallest absolute Gasteiger partial charge is 0.335 e. The van der Waals surface area contributed by atoms with E-state index >= 15 is 0 Å². The topological polar surface area (TPSA) is 56.8 Å². The van der Waals surface area contributed by atoms with Gasteiger partial charge in [0.25, 0.3) is 0 Å². The molecule has 5 nitrogen and oxygen atoms in total. The Kier molecular flexibility index (Phi) is 6.77. The zero-order chi connectivity index (χ0) is 13.1. The van der Waals surface area contributed by atoms with Crippen molar-refractivity contribution in [2.24, 2.45) is 5.41 Å². The van der Waals surface area contributed by atoms with E-state index in [-0.39, 0.29) is 23.5 Å². The summed E-state index contributed by atoms with van der Waals surface area (Å²) >= 11 is 0. The van der Waals surface area contributed by atoms with Gasteiger partial charge in [0.05, 0.1) is 18.9 Å². The molecule has 0 aromatic carbocycles. The maximum Gasteiger partial charge on any atom is 0.335 e. The van der Waals surface area contributed by atoms with Crippen LogP contribution in [-0.2, 0) is 18.3 Å². The Balaban J connectivity index is 0.00000180. The van der Waals surface area contributed by atoms with Crippen molar-refractivity contribution in [2.45, 2.75) is 32.3 Å². The lowest BCUT2D eigenvalue weighted by Gasteiger charge is -2.40. The Hall–Kier alpha value is 0.360. The normalized spacial score (nSPS) is 26.3. The van der Waals surface area contributed by atoms with Crippen LogP contribution >= 0.6 is 20.0 Å². The second-order valence-corrected chi connectivity index (χ2v) is 7.22. The quantitative estimate of drug-likeness (QED) is 0.790. The summed E-state index contributed by atoms with van der Waals surface area (Å²) in [7, 11) is -3.02. The molecule has 1 spiro atoms. The number of hydrogen-bond donors (Lipinski definition) is 1. The highest BCUT2D eigenvalue weighted by Crippen LogP contribution is 2.61. The standard InChI is InChI=1S/C12H24NO4P.ClH/c1-3-16-18(14,17-4-2)11-9-13-10-12(11)5-7-15-8-6-12;/h11,13H,3-10H2,1-2H3;1H. The third kappa shape index (κ3) is 3.52. The van der Waals surface area contributed by atoms with E-state index in [1.807, 2.05) is 13.8 Å². The van der Waals surface area contributed by atoms with Gasteiger partial charge < -0.3 is 19.1 Å². The molecule has 2 aliphatic rings. The summed E-state index contributed by atoms with van der Waals surface area (Å²) in [5, 5.41) is 3.37. The molecule has 0 aromatic heterocycles. The van der Waals surface area contributed by atoms with E-state index in [1.165, 1.54) is 0 Å². The van der Waals surface area contributed by atoms with Gasteiger partial charge in [-0.2, -0.15) is 0 Å². The molecule has 1 atom stereocenters. The summed E-state index contributed by atoms with van der Waals surface area (Å²) < 4.78 is 29.5. The van der Waals surface area contributed by atoms with Crippen LogP contribution in [0.4, 0.5) is 0 Å². The zero-order valence-electron chi connectivity index (χ0n) is 11.7. The van der Waals surface area contributed by atoms with E-state index < -0.39 is 7.60 Å². The monoisotopic (exact) mass is 313 g/mol. The van der Waals surface area contributed by atoms with Crippen LogP contribution in [-0.4, -0.2) is 45.2 Å². The van der Waals surface area contributed by atoms with Gasteiger partial charge in [-0.25, -0.2) is 0 Å². The number of nitrogens with one attached hydrogen (secondary N) is 1. The maximum atomic E-state index is 13.0. The first-order valence-corrected chi connectivity index (χ1v) is 8.45. The second kappa shape index (κ2) is 7.39. The van der Waals surface area contributed by atoms with Crippen molar-refractivity contribution in [1.82, 2.24) is 5.32 Å². The molecule has 0 aliphatic carbocycles. The highest BCUT2D eigenvalue weighted by Gasteiger charge is 2.53. The van der Waals surface area contributed by atoms with Crippen molar-refractivity contribution >= 4 is 20.0 Å². The van der Waals surface area contributed by atoms with Crippen LogP contribution in [0.25, 0.3) is 0 Å². The average molecular weight is 314 g/mol. The van der Waals surface area contributed by atoms with E-state index in [4.69, 9.17) is 13.8 Å². The summed E-state index contributed by atoms with van der Waals surface area (Å²) in [4.78, 5) is 0. The Bertz CT molecular complexity index is 313. The summed E-state index contributed by atoms with van der Waals surface area (Å²) in [6.07, 6.45) is 1.88. The van der Waals surface area contributed by atoms with Gasteiger partial charge in [0.15, 0.2) is 0 Å². The van der Waals surface area contributed by atoms with Crippen LogP contribution < -0.4 is 5.32 Å². The molecule has 2 saturated heterocycles. The fraction of sp³-hybridized carbons (Fsp3) is 1.00. The maximum absolute atomic E-state index is 13.0. The first kappa shape index (κ1) is 17.4. The Morgan fingerprint density at radius 1 is 1.26 bits per heavy atom. The van der Waals surface area contributed by atoms with Crippen molar-refractivity contribution in [2.75, 3.05) is 39.5 Å². The van der Waals surface area contributed by atoms with Crippen LogP contribution in [0.3, 0.4) is 0 Å². The predicted octanol–water partition coefficient (Wildman–Crippen LogP) is 2.44. The molecule has 0 bridgehead atoms. The fourth-order valence-electron chi connectivity index (χ4n) is 3.10. The summed E-state index contributed by atoms with van der Waals surface area (Å²) in [5.41, 5.74) is -0.00761. The van der Waals surface area contributed by atoms with Gasteiger partial charge >= 0.3 is 7.60 Å². The van der Waals surface area contributed by atoms with Crippen LogP contribution in [0.2, 0.25) is 0 Å². The highest BCUT2D eigenvalue weighted by atomic mass is 35.5. The molecule has 19 heavy (non-hydrogen) atoms. The largest absolute Gasteiger partial charge is 0.381 e. The highest BCUT2D eigenvalue weighted by molar-refractivity contribution is 7.54. The SMILES string of the molecule is CCOP(=O)(OCC)C1CNCC12CCOCC2.Cl. The molecule has 2 aliphatic heterocycles. The number of rotatable bonds is 5. The van der Waals surface area contributed by atoms with Gasteiger partial charge in [-0.1, -0.05) is 0 Å². The molecular formula is C12H25ClNO4P. The van der Waals surface area contributed by atoms with E-state index in [0.717, 1.165) is 39.1 Å². The van der Waals surface area contributed by atoms with Gasteiger partial charge in [0, 0.05) is 31.7 Å². The van der Waals surface area contributed by atoms with Crippen LogP contribution in [0.5, 0.6) is 0 Å². The molecule has 2 heterocycles. The molecule has 114 valence electrons. The van der Waals surface area contributed by atoms with Gasteiger partial charge in [-0.05, 0) is 26.7 Å². The number of hydrogen-bond acceptors (Lipinski definition) is 5. The zero-order valence-corrected chi connectivity index (χ0v) is 13.4. The molecule has 0 amide bonds. The molecule has 2 fully saturated rings. The van der Waals surface area contributed by atoms with Crippen molar-refractivity contribution in [3.05, 3.63) is 0 Å². The second-order valence-electron chi connectivity index (χ2n) is 5.00. The van der Waals surface area contributed by atoms with Crippen molar-refractivity contribution in [1.29, 1.82) is 0 Å². The minimum atomic E-state index is -3.02.